The van der Waals surface area contributed by atoms with E-state index in [2.05, 4.69) is 29.2 Å². The van der Waals surface area contributed by atoms with E-state index in [1.807, 2.05) is 50.1 Å². The number of benzene rings is 2. The van der Waals surface area contributed by atoms with Gasteiger partial charge in [-0.05, 0) is 62.6 Å². The van der Waals surface area contributed by atoms with Gasteiger partial charge in [-0.3, -0.25) is 9.59 Å². The molecule has 2 aromatic rings. The van der Waals surface area contributed by atoms with Crippen LogP contribution in [0.4, 0.5) is 11.4 Å². The maximum absolute atomic E-state index is 13.3. The maximum atomic E-state index is 13.3. The van der Waals surface area contributed by atoms with Crippen molar-refractivity contribution in [3.63, 3.8) is 0 Å². The smallest absolute Gasteiger partial charge is 0.253 e. The van der Waals surface area contributed by atoms with Crippen LogP contribution in [0.2, 0.25) is 0 Å². The third kappa shape index (κ3) is 3.09. The Balaban J connectivity index is 1.66. The Labute approximate surface area is 172 Å². The summed E-state index contributed by atoms with van der Waals surface area (Å²) in [6.07, 6.45) is 1.53. The number of hydrogen-bond acceptors (Lipinski definition) is 3. The van der Waals surface area contributed by atoms with Crippen LogP contribution in [-0.4, -0.2) is 49.9 Å². The summed E-state index contributed by atoms with van der Waals surface area (Å²) < 4.78 is 0. The van der Waals surface area contributed by atoms with Crippen molar-refractivity contribution >= 4 is 23.2 Å². The predicted molar refractivity (Wildman–Crippen MR) is 117 cm³/mol. The van der Waals surface area contributed by atoms with Crippen molar-refractivity contribution in [2.45, 2.75) is 32.1 Å². The fourth-order valence-electron chi connectivity index (χ4n) is 4.85. The van der Waals surface area contributed by atoms with Gasteiger partial charge in [0.05, 0.1) is 5.41 Å². The molecule has 0 bridgehead atoms. The molecule has 4 rings (SSSR count). The van der Waals surface area contributed by atoms with E-state index in [0.717, 1.165) is 37.2 Å². The summed E-state index contributed by atoms with van der Waals surface area (Å²) in [5, 5.41) is 0. The molecule has 5 nitrogen and oxygen atoms in total. The lowest BCUT2D eigenvalue weighted by molar-refractivity contribution is -0.123. The summed E-state index contributed by atoms with van der Waals surface area (Å²) in [5.41, 5.74) is 3.33. The van der Waals surface area contributed by atoms with Crippen LogP contribution >= 0.6 is 0 Å². The Morgan fingerprint density at radius 1 is 1.03 bits per heavy atom. The molecule has 5 heteroatoms. The Bertz CT molecular complexity index is 913. The first-order valence-corrected chi connectivity index (χ1v) is 10.5. The van der Waals surface area contributed by atoms with Gasteiger partial charge in [0.2, 0.25) is 5.91 Å². The molecule has 2 heterocycles. The number of rotatable bonds is 4. The first-order chi connectivity index (χ1) is 14.0. The van der Waals surface area contributed by atoms with Gasteiger partial charge in [0.25, 0.3) is 5.91 Å². The molecule has 1 saturated heterocycles. The SMILES string of the molecule is CCN(CC)C(=O)c1ccc2c(c1)C1(CCN(c3ccccc3)CC1)C(=O)N2C. The monoisotopic (exact) mass is 391 g/mol. The van der Waals surface area contributed by atoms with Gasteiger partial charge in [-0.2, -0.15) is 0 Å². The van der Waals surface area contributed by atoms with Crippen molar-refractivity contribution in [2.75, 3.05) is 43.0 Å². The standard InChI is InChI=1S/C24H29N3O2/c1-4-26(5-2)22(28)18-11-12-21-20(17-18)24(23(29)25(21)3)13-15-27(16-14-24)19-9-7-6-8-10-19/h6-12,17H,4-5,13-16H2,1-3H3. The molecule has 0 atom stereocenters. The summed E-state index contributed by atoms with van der Waals surface area (Å²) in [4.78, 5) is 32.2. The van der Waals surface area contributed by atoms with Crippen molar-refractivity contribution in [2.24, 2.45) is 0 Å². The van der Waals surface area contributed by atoms with Gasteiger partial charge in [0.15, 0.2) is 0 Å². The topological polar surface area (TPSA) is 43.9 Å². The van der Waals surface area contributed by atoms with E-state index < -0.39 is 5.41 Å². The van der Waals surface area contributed by atoms with Crippen LogP contribution in [-0.2, 0) is 10.2 Å². The van der Waals surface area contributed by atoms with Crippen molar-refractivity contribution in [1.29, 1.82) is 0 Å². The predicted octanol–water partition coefficient (Wildman–Crippen LogP) is 3.68. The minimum Gasteiger partial charge on any atom is -0.371 e. The number of likely N-dealkylation sites (N-methyl/N-ethyl adjacent to an activating group) is 1. The first-order valence-electron chi connectivity index (χ1n) is 10.5. The van der Waals surface area contributed by atoms with Crippen molar-refractivity contribution in [3.05, 3.63) is 59.7 Å². The molecule has 29 heavy (non-hydrogen) atoms. The zero-order valence-electron chi connectivity index (χ0n) is 17.5. The highest BCUT2D eigenvalue weighted by Crippen LogP contribution is 2.48. The number of fused-ring (bicyclic) bond motifs is 2. The first kappa shape index (κ1) is 19.5. The Morgan fingerprint density at radius 3 is 2.31 bits per heavy atom. The van der Waals surface area contributed by atoms with Crippen LogP contribution in [0, 0.1) is 0 Å². The van der Waals surface area contributed by atoms with Gasteiger partial charge >= 0.3 is 0 Å². The summed E-state index contributed by atoms with van der Waals surface area (Å²) in [5.74, 6) is 0.198. The normalized spacial score (nSPS) is 17.6. The van der Waals surface area contributed by atoms with Gasteiger partial charge in [-0.25, -0.2) is 0 Å². The number of anilines is 2. The Kier molecular flexibility index (Phi) is 5.07. The van der Waals surface area contributed by atoms with E-state index in [-0.39, 0.29) is 11.8 Å². The minimum absolute atomic E-state index is 0.0386. The van der Waals surface area contributed by atoms with Crippen LogP contribution in [0.5, 0.6) is 0 Å². The van der Waals surface area contributed by atoms with Crippen LogP contribution in [0.25, 0.3) is 0 Å². The van der Waals surface area contributed by atoms with Crippen LogP contribution in [0.15, 0.2) is 48.5 Å². The number of hydrogen-bond donors (Lipinski definition) is 0. The van der Waals surface area contributed by atoms with E-state index >= 15 is 0 Å². The molecule has 2 aliphatic heterocycles. The number of piperidine rings is 1. The molecule has 2 amide bonds. The maximum Gasteiger partial charge on any atom is 0.253 e. The summed E-state index contributed by atoms with van der Waals surface area (Å²) in [7, 11) is 1.85. The number of carbonyl (C=O) groups is 2. The van der Waals surface area contributed by atoms with Crippen LogP contribution < -0.4 is 9.80 Å². The Morgan fingerprint density at radius 2 is 1.69 bits per heavy atom. The van der Waals surface area contributed by atoms with Crippen molar-refractivity contribution in [1.82, 2.24) is 4.90 Å². The molecule has 152 valence electrons. The molecule has 0 aliphatic carbocycles. The number of carbonyl (C=O) groups excluding carboxylic acids is 2. The molecule has 1 spiro atoms. The number of para-hydroxylation sites is 1. The van der Waals surface area contributed by atoms with Crippen LogP contribution in [0.3, 0.4) is 0 Å². The minimum atomic E-state index is -0.519. The fraction of sp³-hybridized carbons (Fsp3) is 0.417. The van der Waals surface area contributed by atoms with E-state index in [0.29, 0.717) is 18.7 Å². The zero-order chi connectivity index (χ0) is 20.6. The van der Waals surface area contributed by atoms with Gasteiger partial charge in [0.1, 0.15) is 0 Å². The average Bonchev–Trinajstić information content (AvgIpc) is 2.97. The second-order valence-electron chi connectivity index (χ2n) is 7.98. The van der Waals surface area contributed by atoms with E-state index in [1.54, 1.807) is 4.90 Å². The second kappa shape index (κ2) is 7.54. The lowest BCUT2D eigenvalue weighted by Gasteiger charge is -2.39. The van der Waals surface area contributed by atoms with Crippen molar-refractivity contribution in [3.8, 4) is 0 Å². The highest BCUT2D eigenvalue weighted by molar-refractivity contribution is 6.09. The molecule has 0 unspecified atom stereocenters. The molecular formula is C24H29N3O2. The fourth-order valence-corrected chi connectivity index (χ4v) is 4.85. The Hall–Kier alpha value is -2.82. The number of amides is 2. The summed E-state index contributed by atoms with van der Waals surface area (Å²) in [6.45, 7) is 7.01. The van der Waals surface area contributed by atoms with Gasteiger partial charge in [-0.15, -0.1) is 0 Å². The van der Waals surface area contributed by atoms with E-state index in [1.165, 1.54) is 5.69 Å². The third-order valence-electron chi connectivity index (χ3n) is 6.62. The largest absolute Gasteiger partial charge is 0.371 e. The van der Waals surface area contributed by atoms with E-state index in [4.69, 9.17) is 0 Å². The lowest BCUT2D eigenvalue weighted by Crippen LogP contribution is -2.48. The van der Waals surface area contributed by atoms with Gasteiger partial charge in [-0.1, -0.05) is 18.2 Å². The van der Waals surface area contributed by atoms with E-state index in [9.17, 15) is 9.59 Å². The molecule has 2 aromatic carbocycles. The summed E-state index contributed by atoms with van der Waals surface area (Å²) in [6, 6.07) is 16.2. The number of nitrogens with zero attached hydrogens (tertiary/aromatic N) is 3. The molecule has 2 aliphatic rings. The van der Waals surface area contributed by atoms with Gasteiger partial charge in [0, 0.05) is 50.2 Å². The van der Waals surface area contributed by atoms with Crippen LogP contribution in [0.1, 0.15) is 42.6 Å². The molecule has 0 N–H and O–H groups in total. The third-order valence-corrected chi connectivity index (χ3v) is 6.62. The quantitative estimate of drug-likeness (QED) is 0.799. The molecule has 1 fully saturated rings. The molecular weight excluding hydrogens is 362 g/mol. The summed E-state index contributed by atoms with van der Waals surface area (Å²) >= 11 is 0. The molecule has 0 saturated carbocycles. The lowest BCUT2D eigenvalue weighted by atomic mass is 9.73. The second-order valence-corrected chi connectivity index (χ2v) is 7.98. The van der Waals surface area contributed by atoms with Crippen molar-refractivity contribution < 1.29 is 9.59 Å². The molecule has 0 aromatic heterocycles. The average molecular weight is 392 g/mol. The molecule has 0 radical (unpaired) electrons. The zero-order valence-corrected chi connectivity index (χ0v) is 17.5. The highest BCUT2D eigenvalue weighted by atomic mass is 16.2. The highest BCUT2D eigenvalue weighted by Gasteiger charge is 2.51. The van der Waals surface area contributed by atoms with Gasteiger partial charge < -0.3 is 14.7 Å².